The number of piperidine rings is 1. The van der Waals surface area contributed by atoms with E-state index in [0.717, 1.165) is 32.5 Å². The molecule has 6 nitrogen and oxygen atoms in total. The van der Waals surface area contributed by atoms with Crippen LogP contribution in [-0.4, -0.2) is 37.4 Å². The summed E-state index contributed by atoms with van der Waals surface area (Å²) >= 11 is 0. The molecule has 0 bridgehead atoms. The van der Waals surface area contributed by atoms with Crippen molar-refractivity contribution in [3.05, 3.63) is 47.7 Å². The predicted octanol–water partition coefficient (Wildman–Crippen LogP) is 2.23. The summed E-state index contributed by atoms with van der Waals surface area (Å²) in [6, 6.07) is 5.58. The van der Waals surface area contributed by atoms with E-state index in [1.165, 1.54) is 5.56 Å². The average molecular weight is 349 g/mol. The van der Waals surface area contributed by atoms with Gasteiger partial charge in [-0.3, -0.25) is 9.88 Å². The smallest absolute Gasteiger partial charge is 0.244 e. The molecule has 2 aromatic rings. The molecule has 0 amide bonds. The molecule has 0 radical (unpaired) electrons. The zero-order valence-corrected chi connectivity index (χ0v) is 14.8. The van der Waals surface area contributed by atoms with Crippen molar-refractivity contribution < 1.29 is 12.8 Å². The van der Waals surface area contributed by atoms with E-state index in [4.69, 9.17) is 4.42 Å². The van der Waals surface area contributed by atoms with Crippen molar-refractivity contribution in [2.24, 2.45) is 0 Å². The molecule has 1 fully saturated rings. The van der Waals surface area contributed by atoms with E-state index < -0.39 is 10.0 Å². The van der Waals surface area contributed by atoms with Crippen LogP contribution in [0, 0.1) is 13.8 Å². The van der Waals surface area contributed by atoms with Crippen molar-refractivity contribution >= 4 is 10.0 Å². The molecule has 3 rings (SSSR count). The van der Waals surface area contributed by atoms with Crippen LogP contribution in [0.25, 0.3) is 0 Å². The second-order valence-electron chi connectivity index (χ2n) is 6.30. The maximum atomic E-state index is 12.5. The molecule has 0 aromatic carbocycles. The minimum Gasteiger partial charge on any atom is -0.465 e. The second kappa shape index (κ2) is 7.04. The lowest BCUT2D eigenvalue weighted by Crippen LogP contribution is -2.44. The number of nitrogens with zero attached hydrogens (tertiary/aromatic N) is 2. The Morgan fingerprint density at radius 3 is 2.50 bits per heavy atom. The highest BCUT2D eigenvalue weighted by atomic mass is 32.2. The first-order valence-electron chi connectivity index (χ1n) is 8.15. The molecule has 1 saturated heterocycles. The van der Waals surface area contributed by atoms with Crippen molar-refractivity contribution in [1.82, 2.24) is 14.6 Å². The SMILES string of the molecule is Cc1cc(S(=O)(=O)NC2CCN(Cc3ccncc3)CC2)c(C)o1. The van der Waals surface area contributed by atoms with Crippen molar-refractivity contribution in [1.29, 1.82) is 0 Å². The first-order valence-corrected chi connectivity index (χ1v) is 9.63. The van der Waals surface area contributed by atoms with Gasteiger partial charge >= 0.3 is 0 Å². The third-order valence-electron chi connectivity index (χ3n) is 4.35. The number of nitrogens with one attached hydrogen (secondary N) is 1. The molecule has 0 aliphatic carbocycles. The summed E-state index contributed by atoms with van der Waals surface area (Å²) in [4.78, 5) is 6.62. The highest BCUT2D eigenvalue weighted by molar-refractivity contribution is 7.89. The summed E-state index contributed by atoms with van der Waals surface area (Å²) in [7, 11) is -3.52. The van der Waals surface area contributed by atoms with Gasteiger partial charge in [-0.05, 0) is 50.5 Å². The van der Waals surface area contributed by atoms with Gasteiger partial charge in [0.05, 0.1) is 0 Å². The van der Waals surface area contributed by atoms with Crippen LogP contribution in [0.1, 0.15) is 29.9 Å². The van der Waals surface area contributed by atoms with Crippen molar-refractivity contribution in [2.75, 3.05) is 13.1 Å². The minimum absolute atomic E-state index is 0.0294. The molecule has 24 heavy (non-hydrogen) atoms. The lowest BCUT2D eigenvalue weighted by molar-refractivity contribution is 0.200. The van der Waals surface area contributed by atoms with Gasteiger partial charge in [0.1, 0.15) is 16.4 Å². The van der Waals surface area contributed by atoms with Crippen molar-refractivity contribution in [3.8, 4) is 0 Å². The Morgan fingerprint density at radius 2 is 1.92 bits per heavy atom. The van der Waals surface area contributed by atoms with Crippen LogP contribution in [-0.2, 0) is 16.6 Å². The van der Waals surface area contributed by atoms with E-state index >= 15 is 0 Å². The summed E-state index contributed by atoms with van der Waals surface area (Å²) in [6.07, 6.45) is 5.21. The first-order chi connectivity index (χ1) is 11.4. The largest absolute Gasteiger partial charge is 0.465 e. The summed E-state index contributed by atoms with van der Waals surface area (Å²) < 4.78 is 33.2. The maximum absolute atomic E-state index is 12.5. The molecule has 0 saturated carbocycles. The highest BCUT2D eigenvalue weighted by Gasteiger charge is 2.27. The quantitative estimate of drug-likeness (QED) is 0.896. The molecule has 1 N–H and O–H groups in total. The van der Waals surface area contributed by atoms with Crippen LogP contribution in [0.3, 0.4) is 0 Å². The van der Waals surface area contributed by atoms with Gasteiger partial charge in [0, 0.05) is 38.1 Å². The number of likely N-dealkylation sites (tertiary alicyclic amines) is 1. The molecule has 7 heteroatoms. The maximum Gasteiger partial charge on any atom is 0.244 e. The van der Waals surface area contributed by atoms with E-state index in [1.54, 1.807) is 32.3 Å². The van der Waals surface area contributed by atoms with Gasteiger partial charge in [0.15, 0.2) is 0 Å². The van der Waals surface area contributed by atoms with Gasteiger partial charge in [-0.15, -0.1) is 0 Å². The van der Waals surface area contributed by atoms with Crippen LogP contribution in [0.2, 0.25) is 0 Å². The lowest BCUT2D eigenvalue weighted by atomic mass is 10.1. The summed E-state index contributed by atoms with van der Waals surface area (Å²) in [5, 5.41) is 0. The van der Waals surface area contributed by atoms with Crippen molar-refractivity contribution in [2.45, 2.75) is 44.2 Å². The molecular formula is C17H23N3O3S. The Balaban J connectivity index is 1.56. The Morgan fingerprint density at radius 1 is 1.25 bits per heavy atom. The molecule has 1 aliphatic heterocycles. The lowest BCUT2D eigenvalue weighted by Gasteiger charge is -2.32. The Labute approximate surface area is 142 Å². The van der Waals surface area contributed by atoms with Crippen LogP contribution >= 0.6 is 0 Å². The summed E-state index contributed by atoms with van der Waals surface area (Å²) in [5.41, 5.74) is 1.23. The number of hydrogen-bond acceptors (Lipinski definition) is 5. The van der Waals surface area contributed by atoms with E-state index in [2.05, 4.69) is 14.6 Å². The van der Waals surface area contributed by atoms with Crippen molar-refractivity contribution in [3.63, 3.8) is 0 Å². The highest BCUT2D eigenvalue weighted by Crippen LogP contribution is 2.21. The molecule has 1 aliphatic rings. The first kappa shape index (κ1) is 17.1. The summed E-state index contributed by atoms with van der Waals surface area (Å²) in [6.45, 7) is 6.06. The fourth-order valence-corrected chi connectivity index (χ4v) is 4.66. The molecular weight excluding hydrogens is 326 g/mol. The van der Waals surface area contributed by atoms with Gasteiger partial charge in [-0.2, -0.15) is 0 Å². The van der Waals surface area contributed by atoms with Crippen LogP contribution < -0.4 is 4.72 Å². The third kappa shape index (κ3) is 4.03. The van der Waals surface area contributed by atoms with Gasteiger partial charge in [0.25, 0.3) is 0 Å². The number of furan rings is 1. The number of aromatic nitrogens is 1. The Bertz CT molecular complexity index is 779. The monoisotopic (exact) mass is 349 g/mol. The number of sulfonamides is 1. The Kier molecular flexibility index (Phi) is 5.03. The van der Waals surface area contributed by atoms with Gasteiger partial charge in [0.2, 0.25) is 10.0 Å². The number of hydrogen-bond donors (Lipinski definition) is 1. The van der Waals surface area contributed by atoms with Crippen LogP contribution in [0.15, 0.2) is 39.9 Å². The number of pyridine rings is 1. The molecule has 2 aromatic heterocycles. The van der Waals surface area contributed by atoms with Crippen LogP contribution in [0.4, 0.5) is 0 Å². The number of aryl methyl sites for hydroxylation is 2. The average Bonchev–Trinajstić information content (AvgIpc) is 2.90. The molecule has 0 spiro atoms. The fourth-order valence-electron chi connectivity index (χ4n) is 3.11. The molecule has 0 unspecified atom stereocenters. The van der Waals surface area contributed by atoms with Gasteiger partial charge < -0.3 is 4.42 Å². The van der Waals surface area contributed by atoms with Crippen LogP contribution in [0.5, 0.6) is 0 Å². The predicted molar refractivity (Wildman–Crippen MR) is 91.0 cm³/mol. The molecule has 130 valence electrons. The second-order valence-corrected chi connectivity index (χ2v) is 7.99. The standard InChI is InChI=1S/C17H23N3O3S/c1-13-11-17(14(2)23-13)24(21,22)19-16-5-9-20(10-6-16)12-15-3-7-18-8-4-15/h3-4,7-8,11,16,19H,5-6,9-10,12H2,1-2H3. The van der Waals surface area contributed by atoms with E-state index in [0.29, 0.717) is 11.5 Å². The fraction of sp³-hybridized carbons (Fsp3) is 0.471. The zero-order chi connectivity index (χ0) is 17.2. The Hall–Kier alpha value is -1.70. The van der Waals surface area contributed by atoms with Gasteiger partial charge in [-0.25, -0.2) is 13.1 Å². The zero-order valence-electron chi connectivity index (χ0n) is 14.0. The van der Waals surface area contributed by atoms with E-state index in [-0.39, 0.29) is 10.9 Å². The number of rotatable bonds is 5. The molecule has 0 atom stereocenters. The van der Waals surface area contributed by atoms with Gasteiger partial charge in [-0.1, -0.05) is 0 Å². The van der Waals surface area contributed by atoms with E-state index in [1.807, 2.05) is 12.1 Å². The topological polar surface area (TPSA) is 75.4 Å². The normalized spacial score (nSPS) is 17.2. The minimum atomic E-state index is -3.52. The van der Waals surface area contributed by atoms with E-state index in [9.17, 15) is 8.42 Å². The summed E-state index contributed by atoms with van der Waals surface area (Å²) in [5.74, 6) is 1.05. The molecule has 3 heterocycles. The third-order valence-corrected chi connectivity index (χ3v) is 5.98.